The molecule has 0 fully saturated rings. The lowest BCUT2D eigenvalue weighted by Gasteiger charge is -2.18. The van der Waals surface area contributed by atoms with Gasteiger partial charge < -0.3 is 14.8 Å². The van der Waals surface area contributed by atoms with Gasteiger partial charge in [0.1, 0.15) is 17.5 Å². The zero-order valence-corrected chi connectivity index (χ0v) is 20.7. The van der Waals surface area contributed by atoms with Crippen LogP contribution in [0.15, 0.2) is 47.3 Å². The number of carbonyl (C=O) groups excluding carboxylic acids is 1. The minimum absolute atomic E-state index is 0.282. The summed E-state index contributed by atoms with van der Waals surface area (Å²) in [5, 5.41) is 12.7. The van der Waals surface area contributed by atoms with Gasteiger partial charge in [-0.3, -0.25) is 9.59 Å². The molecule has 0 saturated heterocycles. The van der Waals surface area contributed by atoms with Crippen LogP contribution in [0.4, 0.5) is 5.69 Å². The minimum Gasteiger partial charge on any atom is -0.497 e. The predicted molar refractivity (Wildman–Crippen MR) is 135 cm³/mol. The van der Waals surface area contributed by atoms with Crippen LogP contribution in [0, 0.1) is 20.8 Å². The van der Waals surface area contributed by atoms with E-state index in [2.05, 4.69) is 15.5 Å². The number of methoxy groups -OCH3 is 2. The first-order chi connectivity index (χ1) is 16.8. The monoisotopic (exact) mass is 475 g/mol. The summed E-state index contributed by atoms with van der Waals surface area (Å²) >= 11 is 0. The number of aryl methyl sites for hydroxylation is 3. The van der Waals surface area contributed by atoms with E-state index in [1.165, 1.54) is 18.9 Å². The fourth-order valence-electron chi connectivity index (χ4n) is 4.17. The van der Waals surface area contributed by atoms with Crippen molar-refractivity contribution in [1.82, 2.24) is 19.6 Å². The number of hydrogen-bond donors (Lipinski definition) is 1. The molecule has 2 aromatic heterocycles. The fraction of sp³-hybridized carbons (Fsp3) is 0.308. The summed E-state index contributed by atoms with van der Waals surface area (Å²) in [6, 6.07) is 12.2. The Labute approximate surface area is 203 Å². The highest BCUT2D eigenvalue weighted by Crippen LogP contribution is 2.27. The van der Waals surface area contributed by atoms with E-state index in [0.29, 0.717) is 34.7 Å². The first-order valence-corrected chi connectivity index (χ1v) is 11.4. The van der Waals surface area contributed by atoms with Gasteiger partial charge in [0.05, 0.1) is 36.7 Å². The van der Waals surface area contributed by atoms with E-state index in [4.69, 9.17) is 9.47 Å². The van der Waals surface area contributed by atoms with Gasteiger partial charge in [0.25, 0.3) is 5.56 Å². The van der Waals surface area contributed by atoms with Gasteiger partial charge >= 0.3 is 0 Å². The van der Waals surface area contributed by atoms with Crippen LogP contribution in [0.1, 0.15) is 36.3 Å². The van der Waals surface area contributed by atoms with Crippen molar-refractivity contribution < 1.29 is 14.3 Å². The Balaban J connectivity index is 1.75. The molecule has 0 saturated carbocycles. The van der Waals surface area contributed by atoms with Crippen molar-refractivity contribution in [2.75, 3.05) is 19.5 Å². The third-order valence-electron chi connectivity index (χ3n) is 6.03. The average Bonchev–Trinajstić information content (AvgIpc) is 3.20. The van der Waals surface area contributed by atoms with Crippen LogP contribution in [-0.2, 0) is 4.79 Å². The van der Waals surface area contributed by atoms with Crippen molar-refractivity contribution in [2.24, 2.45) is 0 Å². The Morgan fingerprint density at radius 3 is 2.20 bits per heavy atom. The standard InChI is InChI=1S/C26H29N5O4/c1-7-22(25(32)27-18-12-20(34-5)14-21(13-18)35-6)31-26(33)24-23(16(3)28-31)17(4)30(29-24)19-10-8-15(2)9-11-19/h8-14,22H,7H2,1-6H3,(H,27,32)/t22-/m0/s1. The van der Waals surface area contributed by atoms with Crippen LogP contribution in [0.2, 0.25) is 0 Å². The van der Waals surface area contributed by atoms with Gasteiger partial charge in [-0.1, -0.05) is 24.6 Å². The molecule has 0 radical (unpaired) electrons. The number of fused-ring (bicyclic) bond motifs is 1. The van der Waals surface area contributed by atoms with E-state index < -0.39 is 11.6 Å². The average molecular weight is 476 g/mol. The predicted octanol–water partition coefficient (Wildman–Crippen LogP) is 4.11. The van der Waals surface area contributed by atoms with Crippen LogP contribution in [0.3, 0.4) is 0 Å². The van der Waals surface area contributed by atoms with Crippen molar-refractivity contribution >= 4 is 22.5 Å². The van der Waals surface area contributed by atoms with Gasteiger partial charge in [0.2, 0.25) is 5.91 Å². The van der Waals surface area contributed by atoms with E-state index in [9.17, 15) is 9.59 Å². The van der Waals surface area contributed by atoms with Crippen molar-refractivity contribution in [1.29, 1.82) is 0 Å². The summed E-state index contributed by atoms with van der Waals surface area (Å²) in [6.07, 6.45) is 0.364. The summed E-state index contributed by atoms with van der Waals surface area (Å²) < 4.78 is 13.5. The maximum atomic E-state index is 13.5. The molecular weight excluding hydrogens is 446 g/mol. The molecular formula is C26H29N5O4. The minimum atomic E-state index is -0.826. The maximum Gasteiger partial charge on any atom is 0.295 e. The fourth-order valence-corrected chi connectivity index (χ4v) is 4.17. The zero-order valence-electron chi connectivity index (χ0n) is 20.7. The topological polar surface area (TPSA) is 100 Å². The largest absolute Gasteiger partial charge is 0.497 e. The summed E-state index contributed by atoms with van der Waals surface area (Å²) in [4.78, 5) is 26.7. The van der Waals surface area contributed by atoms with E-state index in [1.54, 1.807) is 22.9 Å². The van der Waals surface area contributed by atoms with E-state index in [1.807, 2.05) is 52.0 Å². The zero-order chi connectivity index (χ0) is 25.3. The van der Waals surface area contributed by atoms with E-state index >= 15 is 0 Å². The normalized spacial score (nSPS) is 11.9. The number of anilines is 1. The number of rotatable bonds is 7. The molecule has 4 rings (SSSR count). The van der Waals surface area contributed by atoms with E-state index in [-0.39, 0.29) is 11.4 Å². The molecule has 1 N–H and O–H groups in total. The molecule has 0 bridgehead atoms. The van der Waals surface area contributed by atoms with Crippen molar-refractivity contribution in [3.05, 3.63) is 69.8 Å². The molecule has 0 aliphatic carbocycles. The van der Waals surface area contributed by atoms with Gasteiger partial charge in [-0.15, -0.1) is 0 Å². The second kappa shape index (κ2) is 9.61. The molecule has 1 amide bonds. The van der Waals surface area contributed by atoms with Crippen LogP contribution in [0.25, 0.3) is 16.6 Å². The molecule has 2 aromatic carbocycles. The highest BCUT2D eigenvalue weighted by Gasteiger charge is 2.25. The Hall–Kier alpha value is -4.14. The Morgan fingerprint density at radius 1 is 1.00 bits per heavy atom. The van der Waals surface area contributed by atoms with E-state index in [0.717, 1.165) is 16.9 Å². The summed E-state index contributed by atoms with van der Waals surface area (Å²) in [5.41, 5.74) is 3.80. The highest BCUT2D eigenvalue weighted by molar-refractivity contribution is 5.94. The first kappa shape index (κ1) is 24.0. The number of aromatic nitrogens is 4. The second-order valence-corrected chi connectivity index (χ2v) is 8.41. The van der Waals surface area contributed by atoms with Gasteiger partial charge in [-0.2, -0.15) is 10.2 Å². The summed E-state index contributed by atoms with van der Waals surface area (Å²) in [6.45, 7) is 7.58. The lowest BCUT2D eigenvalue weighted by atomic mass is 10.1. The third-order valence-corrected chi connectivity index (χ3v) is 6.03. The Kier molecular flexibility index (Phi) is 6.59. The van der Waals surface area contributed by atoms with Crippen molar-refractivity contribution in [3.63, 3.8) is 0 Å². The Morgan fingerprint density at radius 2 is 1.63 bits per heavy atom. The number of hydrogen-bond acceptors (Lipinski definition) is 6. The lowest BCUT2D eigenvalue weighted by molar-refractivity contribution is -0.119. The first-order valence-electron chi connectivity index (χ1n) is 11.4. The molecule has 9 nitrogen and oxygen atoms in total. The second-order valence-electron chi connectivity index (χ2n) is 8.41. The molecule has 4 aromatic rings. The number of nitrogens with one attached hydrogen (secondary N) is 1. The Bertz CT molecular complexity index is 1430. The molecule has 0 aliphatic heterocycles. The number of nitrogens with zero attached hydrogens (tertiary/aromatic N) is 4. The molecule has 0 unspecified atom stereocenters. The maximum absolute atomic E-state index is 13.5. The molecule has 0 aliphatic rings. The number of benzene rings is 2. The van der Waals surface area contributed by atoms with Crippen LogP contribution in [0.5, 0.6) is 11.5 Å². The van der Waals surface area contributed by atoms with Crippen LogP contribution >= 0.6 is 0 Å². The number of amides is 1. The summed E-state index contributed by atoms with van der Waals surface area (Å²) in [5.74, 6) is 0.709. The van der Waals surface area contributed by atoms with Gasteiger partial charge in [0, 0.05) is 23.9 Å². The molecule has 2 heterocycles. The van der Waals surface area contributed by atoms with Gasteiger partial charge in [-0.05, 0) is 39.3 Å². The third kappa shape index (κ3) is 4.49. The van der Waals surface area contributed by atoms with Gasteiger partial charge in [-0.25, -0.2) is 9.36 Å². The summed E-state index contributed by atoms with van der Waals surface area (Å²) in [7, 11) is 3.07. The van der Waals surface area contributed by atoms with Crippen LogP contribution in [-0.4, -0.2) is 39.7 Å². The number of carbonyl (C=O) groups is 1. The molecule has 35 heavy (non-hydrogen) atoms. The lowest BCUT2D eigenvalue weighted by Crippen LogP contribution is -2.35. The molecule has 1 atom stereocenters. The SMILES string of the molecule is CC[C@@H](C(=O)Nc1cc(OC)cc(OC)c1)n1nc(C)c2c(C)n(-c3ccc(C)cc3)nc2c1=O. The van der Waals surface area contributed by atoms with Crippen molar-refractivity contribution in [2.45, 2.75) is 40.2 Å². The molecule has 0 spiro atoms. The molecule has 182 valence electrons. The number of ether oxygens (including phenoxy) is 2. The molecule has 9 heteroatoms. The smallest absolute Gasteiger partial charge is 0.295 e. The van der Waals surface area contributed by atoms with Crippen LogP contribution < -0.4 is 20.3 Å². The quantitative estimate of drug-likeness (QED) is 0.432. The van der Waals surface area contributed by atoms with Gasteiger partial charge in [0.15, 0.2) is 5.52 Å². The van der Waals surface area contributed by atoms with Crippen molar-refractivity contribution in [3.8, 4) is 17.2 Å². The highest BCUT2D eigenvalue weighted by atomic mass is 16.5.